The van der Waals surface area contributed by atoms with Crippen LogP contribution >= 0.6 is 0 Å². The molecule has 2 aromatic carbocycles. The van der Waals surface area contributed by atoms with Crippen LogP contribution < -0.4 is 0 Å². The third kappa shape index (κ3) is 1.93. The van der Waals surface area contributed by atoms with Crippen molar-refractivity contribution in [1.29, 1.82) is 0 Å². The number of esters is 1. The van der Waals surface area contributed by atoms with Crippen molar-refractivity contribution in [3.05, 3.63) is 59.7 Å². The lowest BCUT2D eigenvalue weighted by molar-refractivity contribution is -0.148. The lowest BCUT2D eigenvalue weighted by atomic mass is 9.98. The number of hydrogen-bond donors (Lipinski definition) is 0. The molecule has 0 amide bonds. The van der Waals surface area contributed by atoms with Crippen LogP contribution in [0.2, 0.25) is 0 Å². The number of aldehydes is 1. The summed E-state index contributed by atoms with van der Waals surface area (Å²) in [5, 5.41) is 0. The van der Waals surface area contributed by atoms with E-state index in [1.54, 1.807) is 0 Å². The van der Waals surface area contributed by atoms with Gasteiger partial charge in [-0.2, -0.15) is 0 Å². The van der Waals surface area contributed by atoms with Crippen LogP contribution in [0.15, 0.2) is 48.5 Å². The molecular formula is C16H12O3. The molecule has 0 fully saturated rings. The van der Waals surface area contributed by atoms with Crippen molar-refractivity contribution in [2.24, 2.45) is 0 Å². The number of rotatable bonds is 3. The van der Waals surface area contributed by atoms with Crippen molar-refractivity contribution in [1.82, 2.24) is 0 Å². The van der Waals surface area contributed by atoms with Gasteiger partial charge in [0.05, 0.1) is 0 Å². The molecule has 0 heterocycles. The number of ether oxygens (including phenoxy) is 1. The number of fused-ring (bicyclic) bond motifs is 3. The van der Waals surface area contributed by atoms with Crippen molar-refractivity contribution in [2.75, 3.05) is 6.61 Å². The van der Waals surface area contributed by atoms with E-state index in [9.17, 15) is 9.59 Å². The van der Waals surface area contributed by atoms with E-state index in [0.29, 0.717) is 0 Å². The summed E-state index contributed by atoms with van der Waals surface area (Å²) in [6.07, 6.45) is 0.201. The molecule has 0 saturated carbocycles. The molecule has 0 aromatic heterocycles. The fourth-order valence-electron chi connectivity index (χ4n) is 2.64. The van der Waals surface area contributed by atoms with E-state index in [1.807, 2.05) is 36.4 Å². The molecular weight excluding hydrogens is 240 g/mol. The van der Waals surface area contributed by atoms with Gasteiger partial charge in [-0.3, -0.25) is 4.79 Å². The fourth-order valence-corrected chi connectivity index (χ4v) is 2.64. The first-order chi connectivity index (χ1) is 9.31. The second kappa shape index (κ2) is 4.69. The molecule has 94 valence electrons. The van der Waals surface area contributed by atoms with Crippen LogP contribution in [0.1, 0.15) is 17.0 Å². The van der Waals surface area contributed by atoms with E-state index < -0.39 is 5.97 Å². The lowest BCUT2D eigenvalue weighted by Gasteiger charge is -2.12. The number of carbonyl (C=O) groups excluding carboxylic acids is 2. The molecule has 0 radical (unpaired) electrons. The minimum absolute atomic E-state index is 0.0105. The van der Waals surface area contributed by atoms with Crippen molar-refractivity contribution >= 4 is 12.3 Å². The molecule has 1 aliphatic rings. The predicted octanol–water partition coefficient (Wildman–Crippen LogP) is 2.54. The van der Waals surface area contributed by atoms with Crippen LogP contribution in [0.25, 0.3) is 11.1 Å². The maximum absolute atomic E-state index is 11.0. The minimum Gasteiger partial charge on any atom is -0.459 e. The highest BCUT2D eigenvalue weighted by Crippen LogP contribution is 2.44. The Morgan fingerprint density at radius 2 is 1.53 bits per heavy atom. The van der Waals surface area contributed by atoms with Crippen LogP contribution in [-0.2, 0) is 14.3 Å². The molecule has 0 atom stereocenters. The standard InChI is InChI=1S/C16H12O3/c17-9-16(18)19-10-15-13-7-3-1-5-11(13)12-6-2-4-8-14(12)15/h1-9,15H,10H2. The third-order valence-electron chi connectivity index (χ3n) is 3.45. The van der Waals surface area contributed by atoms with Gasteiger partial charge in [0.1, 0.15) is 6.61 Å². The highest BCUT2D eigenvalue weighted by molar-refractivity contribution is 6.20. The van der Waals surface area contributed by atoms with Gasteiger partial charge in [0.25, 0.3) is 0 Å². The Hall–Kier alpha value is -2.42. The van der Waals surface area contributed by atoms with Crippen LogP contribution in [0, 0.1) is 0 Å². The van der Waals surface area contributed by atoms with Crippen molar-refractivity contribution < 1.29 is 14.3 Å². The first-order valence-electron chi connectivity index (χ1n) is 6.11. The lowest BCUT2D eigenvalue weighted by Crippen LogP contribution is -2.12. The summed E-state index contributed by atoms with van der Waals surface area (Å²) in [6, 6.07) is 16.1. The zero-order valence-corrected chi connectivity index (χ0v) is 10.2. The third-order valence-corrected chi connectivity index (χ3v) is 3.45. The zero-order chi connectivity index (χ0) is 13.2. The number of benzene rings is 2. The minimum atomic E-state index is -0.818. The van der Waals surface area contributed by atoms with Gasteiger partial charge >= 0.3 is 5.97 Å². The highest BCUT2D eigenvalue weighted by atomic mass is 16.5. The summed E-state index contributed by atoms with van der Waals surface area (Å²) in [6.45, 7) is 0.200. The van der Waals surface area contributed by atoms with Gasteiger partial charge in [-0.05, 0) is 22.3 Å². The Balaban J connectivity index is 2.00. The Bertz CT molecular complexity index is 600. The Morgan fingerprint density at radius 3 is 2.05 bits per heavy atom. The number of hydrogen-bond acceptors (Lipinski definition) is 3. The monoisotopic (exact) mass is 252 g/mol. The maximum atomic E-state index is 11.0. The van der Waals surface area contributed by atoms with E-state index in [2.05, 4.69) is 12.1 Å². The second-order valence-electron chi connectivity index (χ2n) is 4.47. The molecule has 2 aromatic rings. The van der Waals surface area contributed by atoms with E-state index >= 15 is 0 Å². The molecule has 1 aliphatic carbocycles. The molecule has 0 aliphatic heterocycles. The van der Waals surface area contributed by atoms with Crippen molar-refractivity contribution in [3.8, 4) is 11.1 Å². The molecule has 0 saturated heterocycles. The van der Waals surface area contributed by atoms with Gasteiger partial charge < -0.3 is 4.74 Å². The fraction of sp³-hybridized carbons (Fsp3) is 0.125. The molecule has 0 unspecified atom stereocenters. The van der Waals surface area contributed by atoms with Crippen LogP contribution in [0.5, 0.6) is 0 Å². The van der Waals surface area contributed by atoms with Gasteiger partial charge in [0, 0.05) is 5.92 Å². The number of carbonyl (C=O) groups is 2. The molecule has 3 rings (SSSR count). The van der Waals surface area contributed by atoms with Crippen LogP contribution in [-0.4, -0.2) is 18.9 Å². The van der Waals surface area contributed by atoms with Gasteiger partial charge in [-0.25, -0.2) is 4.79 Å². The summed E-state index contributed by atoms with van der Waals surface area (Å²) in [4.78, 5) is 21.3. The zero-order valence-electron chi connectivity index (χ0n) is 10.2. The molecule has 3 heteroatoms. The first kappa shape index (κ1) is 11.7. The summed E-state index contributed by atoms with van der Waals surface area (Å²) in [5.41, 5.74) is 4.63. The highest BCUT2D eigenvalue weighted by Gasteiger charge is 2.28. The van der Waals surface area contributed by atoms with Gasteiger partial charge in [-0.1, -0.05) is 48.5 Å². The normalized spacial score (nSPS) is 12.6. The largest absolute Gasteiger partial charge is 0.459 e. The van der Waals surface area contributed by atoms with Crippen LogP contribution in [0.3, 0.4) is 0 Å². The summed E-state index contributed by atoms with van der Waals surface area (Å²) in [7, 11) is 0. The summed E-state index contributed by atoms with van der Waals surface area (Å²) >= 11 is 0. The van der Waals surface area contributed by atoms with Crippen molar-refractivity contribution in [3.63, 3.8) is 0 Å². The molecule has 0 bridgehead atoms. The quantitative estimate of drug-likeness (QED) is 0.479. The molecule has 3 nitrogen and oxygen atoms in total. The first-order valence-corrected chi connectivity index (χ1v) is 6.11. The average molecular weight is 252 g/mol. The summed E-state index contributed by atoms with van der Waals surface area (Å²) < 4.78 is 4.98. The molecule has 0 N–H and O–H groups in total. The van der Waals surface area contributed by atoms with Gasteiger partial charge in [0.2, 0.25) is 6.29 Å². The van der Waals surface area contributed by atoms with Crippen LogP contribution in [0.4, 0.5) is 0 Å². The maximum Gasteiger partial charge on any atom is 0.371 e. The van der Waals surface area contributed by atoms with Gasteiger partial charge in [-0.15, -0.1) is 0 Å². The smallest absolute Gasteiger partial charge is 0.371 e. The molecule has 0 spiro atoms. The van der Waals surface area contributed by atoms with E-state index in [0.717, 1.165) is 11.1 Å². The SMILES string of the molecule is O=CC(=O)OCC1c2ccccc2-c2ccccc21. The second-order valence-corrected chi connectivity index (χ2v) is 4.47. The topological polar surface area (TPSA) is 43.4 Å². The van der Waals surface area contributed by atoms with E-state index in [1.165, 1.54) is 11.1 Å². The Morgan fingerprint density at radius 1 is 1.00 bits per heavy atom. The van der Waals surface area contributed by atoms with E-state index in [-0.39, 0.29) is 18.8 Å². The molecule has 19 heavy (non-hydrogen) atoms. The summed E-state index contributed by atoms with van der Waals surface area (Å²) in [5.74, 6) is -0.807. The average Bonchev–Trinajstić information content (AvgIpc) is 2.79. The van der Waals surface area contributed by atoms with Gasteiger partial charge in [0.15, 0.2) is 0 Å². The Labute approximate surface area is 110 Å². The predicted molar refractivity (Wildman–Crippen MR) is 70.7 cm³/mol. The Kier molecular flexibility index (Phi) is 2.88. The van der Waals surface area contributed by atoms with E-state index in [4.69, 9.17) is 4.74 Å². The van der Waals surface area contributed by atoms with Crippen molar-refractivity contribution in [2.45, 2.75) is 5.92 Å².